The molecule has 0 spiro atoms. The molecule has 0 fully saturated rings. The number of nitrogens with zero attached hydrogens (tertiary/aromatic N) is 1. The molecule has 0 bridgehead atoms. The van der Waals surface area contributed by atoms with Gasteiger partial charge in [0.2, 0.25) is 0 Å². The molecule has 0 aromatic carbocycles. The summed E-state index contributed by atoms with van der Waals surface area (Å²) in [7, 11) is 1.95. The molecule has 3 heteroatoms. The van der Waals surface area contributed by atoms with Gasteiger partial charge in [-0.15, -0.1) is 0 Å². The second-order valence-electron chi connectivity index (χ2n) is 4.18. The molecule has 0 radical (unpaired) electrons. The maximum absolute atomic E-state index is 6.11. The minimum absolute atomic E-state index is 0.265. The Balaban J connectivity index is 2.70. The lowest BCUT2D eigenvalue weighted by Crippen LogP contribution is -2.18. The van der Waals surface area contributed by atoms with Gasteiger partial charge in [-0.1, -0.05) is 25.4 Å². The minimum atomic E-state index is 0.265. The van der Waals surface area contributed by atoms with Gasteiger partial charge in [-0.25, -0.2) is 0 Å². The zero-order valence-corrected chi connectivity index (χ0v) is 10.4. The van der Waals surface area contributed by atoms with Crippen molar-refractivity contribution in [2.45, 2.75) is 32.7 Å². The fraction of sp³-hybridized carbons (Fsp3) is 0.583. The van der Waals surface area contributed by atoms with E-state index in [1.165, 1.54) is 6.42 Å². The third-order valence-electron chi connectivity index (χ3n) is 2.50. The molecular formula is C12H19ClN2. The summed E-state index contributed by atoms with van der Waals surface area (Å²) in [5, 5.41) is 4.02. The van der Waals surface area contributed by atoms with Gasteiger partial charge in [0.05, 0.1) is 16.8 Å². The maximum Gasteiger partial charge on any atom is 0.0758 e. The fourth-order valence-electron chi connectivity index (χ4n) is 1.57. The molecule has 0 aliphatic carbocycles. The van der Waals surface area contributed by atoms with Gasteiger partial charge < -0.3 is 5.32 Å². The summed E-state index contributed by atoms with van der Waals surface area (Å²) in [5.74, 6) is 0.711. The molecule has 1 heterocycles. The van der Waals surface area contributed by atoms with Crippen molar-refractivity contribution >= 4 is 11.6 Å². The van der Waals surface area contributed by atoms with E-state index >= 15 is 0 Å². The smallest absolute Gasteiger partial charge is 0.0758 e. The Hall–Kier alpha value is -0.600. The zero-order valence-electron chi connectivity index (χ0n) is 9.63. The highest BCUT2D eigenvalue weighted by Crippen LogP contribution is 2.24. The predicted octanol–water partition coefficient (Wildman–Crippen LogP) is 3.43. The van der Waals surface area contributed by atoms with E-state index in [9.17, 15) is 0 Å². The Morgan fingerprint density at radius 1 is 1.40 bits per heavy atom. The van der Waals surface area contributed by atoms with Crippen LogP contribution in [0.4, 0.5) is 0 Å². The highest BCUT2D eigenvalue weighted by atomic mass is 35.5. The highest BCUT2D eigenvalue weighted by Gasteiger charge is 2.14. The molecule has 1 rings (SSSR count). The first-order chi connectivity index (χ1) is 7.15. The van der Waals surface area contributed by atoms with Crippen molar-refractivity contribution < 1.29 is 0 Å². The molecule has 0 saturated heterocycles. The maximum atomic E-state index is 6.11. The number of hydrogen-bond acceptors (Lipinski definition) is 2. The van der Waals surface area contributed by atoms with E-state index in [0.717, 1.165) is 17.1 Å². The summed E-state index contributed by atoms with van der Waals surface area (Å²) in [4.78, 5) is 4.33. The average molecular weight is 227 g/mol. The van der Waals surface area contributed by atoms with E-state index in [1.54, 1.807) is 6.20 Å². The molecule has 84 valence electrons. The van der Waals surface area contributed by atoms with E-state index in [2.05, 4.69) is 24.1 Å². The zero-order chi connectivity index (χ0) is 11.3. The lowest BCUT2D eigenvalue weighted by molar-refractivity contribution is 0.458. The van der Waals surface area contributed by atoms with Gasteiger partial charge in [0.1, 0.15) is 0 Å². The molecule has 2 nitrogen and oxygen atoms in total. The Morgan fingerprint density at radius 3 is 2.67 bits per heavy atom. The van der Waals surface area contributed by atoms with Gasteiger partial charge in [0.15, 0.2) is 0 Å². The second-order valence-corrected chi connectivity index (χ2v) is 4.59. The number of aromatic nitrogens is 1. The number of nitrogens with one attached hydrogen (secondary N) is 1. The first kappa shape index (κ1) is 12.5. The van der Waals surface area contributed by atoms with Gasteiger partial charge >= 0.3 is 0 Å². The third-order valence-corrected chi connectivity index (χ3v) is 2.82. The number of hydrogen-bond donors (Lipinski definition) is 1. The standard InChI is InChI=1S/C12H19ClN2/c1-9(2)6-7-11(14-3)12-10(13)5-4-8-15-12/h4-5,8-9,11,14H,6-7H2,1-3H3. The monoisotopic (exact) mass is 226 g/mol. The summed E-state index contributed by atoms with van der Waals surface area (Å²) in [6.07, 6.45) is 4.05. The summed E-state index contributed by atoms with van der Waals surface area (Å²) in [6, 6.07) is 4.02. The molecule has 1 aromatic heterocycles. The van der Waals surface area contributed by atoms with Crippen LogP contribution in [0.15, 0.2) is 18.3 Å². The molecule has 1 aromatic rings. The van der Waals surface area contributed by atoms with Gasteiger partial charge in [-0.3, -0.25) is 4.98 Å². The van der Waals surface area contributed by atoms with Crippen LogP contribution in [0.5, 0.6) is 0 Å². The lowest BCUT2D eigenvalue weighted by Gasteiger charge is -2.17. The first-order valence-electron chi connectivity index (χ1n) is 5.42. The van der Waals surface area contributed by atoms with Crippen molar-refractivity contribution in [1.82, 2.24) is 10.3 Å². The molecule has 0 aliphatic rings. The van der Waals surface area contributed by atoms with Gasteiger partial charge in [0.25, 0.3) is 0 Å². The van der Waals surface area contributed by atoms with Crippen LogP contribution >= 0.6 is 11.6 Å². The topological polar surface area (TPSA) is 24.9 Å². The SMILES string of the molecule is CNC(CCC(C)C)c1ncccc1Cl. The first-order valence-corrected chi connectivity index (χ1v) is 5.80. The van der Waals surface area contributed by atoms with Crippen molar-refractivity contribution in [3.05, 3.63) is 29.0 Å². The van der Waals surface area contributed by atoms with Crippen LogP contribution in [0.2, 0.25) is 5.02 Å². The highest BCUT2D eigenvalue weighted by molar-refractivity contribution is 6.31. The van der Waals surface area contributed by atoms with Gasteiger partial charge in [-0.2, -0.15) is 0 Å². The van der Waals surface area contributed by atoms with E-state index in [1.807, 2.05) is 19.2 Å². The normalized spacial score (nSPS) is 13.1. The number of rotatable bonds is 5. The second kappa shape index (κ2) is 6.09. The van der Waals surface area contributed by atoms with E-state index < -0.39 is 0 Å². The van der Waals surface area contributed by atoms with Crippen molar-refractivity contribution in [1.29, 1.82) is 0 Å². The Kier molecular flexibility index (Phi) is 5.06. The predicted molar refractivity (Wildman–Crippen MR) is 65.1 cm³/mol. The summed E-state index contributed by atoms with van der Waals surface area (Å²) >= 11 is 6.11. The van der Waals surface area contributed by atoms with Crippen molar-refractivity contribution in [2.24, 2.45) is 5.92 Å². The number of halogens is 1. The van der Waals surface area contributed by atoms with E-state index in [4.69, 9.17) is 11.6 Å². The molecule has 1 N–H and O–H groups in total. The van der Waals surface area contributed by atoms with Crippen LogP contribution in [-0.4, -0.2) is 12.0 Å². The van der Waals surface area contributed by atoms with Crippen molar-refractivity contribution in [3.63, 3.8) is 0 Å². The van der Waals surface area contributed by atoms with Crippen LogP contribution < -0.4 is 5.32 Å². The molecule has 0 saturated carbocycles. The largest absolute Gasteiger partial charge is 0.312 e. The Labute approximate surface area is 97.1 Å². The van der Waals surface area contributed by atoms with Crippen LogP contribution in [0.1, 0.15) is 38.4 Å². The molecule has 0 aliphatic heterocycles. The van der Waals surface area contributed by atoms with Crippen LogP contribution in [-0.2, 0) is 0 Å². The minimum Gasteiger partial charge on any atom is -0.312 e. The van der Waals surface area contributed by atoms with Gasteiger partial charge in [-0.05, 0) is 37.9 Å². The third kappa shape index (κ3) is 3.80. The summed E-state index contributed by atoms with van der Waals surface area (Å²) < 4.78 is 0. The average Bonchev–Trinajstić information content (AvgIpc) is 2.21. The van der Waals surface area contributed by atoms with Gasteiger partial charge in [0, 0.05) is 6.20 Å². The van der Waals surface area contributed by atoms with E-state index in [-0.39, 0.29) is 6.04 Å². The molecule has 15 heavy (non-hydrogen) atoms. The molecular weight excluding hydrogens is 208 g/mol. The van der Waals surface area contributed by atoms with Crippen LogP contribution in [0, 0.1) is 5.92 Å². The quantitative estimate of drug-likeness (QED) is 0.832. The molecule has 1 atom stereocenters. The van der Waals surface area contributed by atoms with Crippen molar-refractivity contribution in [2.75, 3.05) is 7.05 Å². The fourth-order valence-corrected chi connectivity index (χ4v) is 1.83. The van der Waals surface area contributed by atoms with Crippen LogP contribution in [0.25, 0.3) is 0 Å². The molecule has 0 amide bonds. The summed E-state index contributed by atoms with van der Waals surface area (Å²) in [6.45, 7) is 4.46. The van der Waals surface area contributed by atoms with Crippen molar-refractivity contribution in [3.8, 4) is 0 Å². The Bertz CT molecular complexity index is 299. The van der Waals surface area contributed by atoms with Crippen LogP contribution in [0.3, 0.4) is 0 Å². The number of pyridine rings is 1. The summed E-state index contributed by atoms with van der Waals surface area (Å²) in [5.41, 5.74) is 0.960. The molecule has 1 unspecified atom stereocenters. The Morgan fingerprint density at radius 2 is 2.13 bits per heavy atom. The van der Waals surface area contributed by atoms with E-state index in [0.29, 0.717) is 5.92 Å². The lowest BCUT2D eigenvalue weighted by atomic mass is 10.0.